The summed E-state index contributed by atoms with van der Waals surface area (Å²) >= 11 is 0. The largest absolute Gasteiger partial charge is 0.383 e. The Balaban J connectivity index is 2.05. The molecule has 0 fully saturated rings. The van der Waals surface area contributed by atoms with Crippen LogP contribution in [0.25, 0.3) is 0 Å². The quantitative estimate of drug-likeness (QED) is 0.854. The summed E-state index contributed by atoms with van der Waals surface area (Å²) in [5.74, 6) is 0.820. The van der Waals surface area contributed by atoms with Gasteiger partial charge in [-0.15, -0.1) is 0 Å². The van der Waals surface area contributed by atoms with E-state index in [1.165, 1.54) is 5.56 Å². The van der Waals surface area contributed by atoms with Crippen molar-refractivity contribution < 1.29 is 4.79 Å². The molecule has 0 saturated carbocycles. The molecule has 0 aromatic heterocycles. The van der Waals surface area contributed by atoms with Gasteiger partial charge in [-0.05, 0) is 49.4 Å². The van der Waals surface area contributed by atoms with E-state index in [1.807, 2.05) is 12.1 Å². The van der Waals surface area contributed by atoms with Crippen molar-refractivity contribution in [1.29, 1.82) is 0 Å². The van der Waals surface area contributed by atoms with E-state index < -0.39 is 0 Å². The van der Waals surface area contributed by atoms with E-state index in [0.717, 1.165) is 24.2 Å². The van der Waals surface area contributed by atoms with Crippen LogP contribution in [0.3, 0.4) is 0 Å². The lowest BCUT2D eigenvalue weighted by atomic mass is 10.0. The molecule has 0 saturated heterocycles. The van der Waals surface area contributed by atoms with E-state index in [-0.39, 0.29) is 5.91 Å². The number of carbonyl (C=O) groups excluding carboxylic acids is 1. The summed E-state index contributed by atoms with van der Waals surface area (Å²) < 4.78 is 0. The van der Waals surface area contributed by atoms with Gasteiger partial charge in [0.15, 0.2) is 0 Å². The molecule has 1 aromatic carbocycles. The highest BCUT2D eigenvalue weighted by Gasteiger charge is 2.15. The third kappa shape index (κ3) is 3.25. The SMILES string of the molecule is CC(C)CC(C)Nc1ccc2c(c1)CCC(=O)N2. The molecule has 3 nitrogen and oxygen atoms in total. The average molecular weight is 246 g/mol. The van der Waals surface area contributed by atoms with Crippen molar-refractivity contribution in [3.8, 4) is 0 Å². The van der Waals surface area contributed by atoms with Crippen LogP contribution in [0.1, 0.15) is 39.2 Å². The molecular weight excluding hydrogens is 224 g/mol. The normalized spacial score (nSPS) is 16.1. The topological polar surface area (TPSA) is 41.1 Å². The first-order valence-corrected chi connectivity index (χ1v) is 6.74. The average Bonchev–Trinajstić information content (AvgIpc) is 2.28. The van der Waals surface area contributed by atoms with Gasteiger partial charge in [0.2, 0.25) is 5.91 Å². The van der Waals surface area contributed by atoms with Gasteiger partial charge in [-0.2, -0.15) is 0 Å². The monoisotopic (exact) mass is 246 g/mol. The summed E-state index contributed by atoms with van der Waals surface area (Å²) in [6.45, 7) is 6.68. The fourth-order valence-electron chi connectivity index (χ4n) is 2.52. The van der Waals surface area contributed by atoms with Crippen LogP contribution in [-0.2, 0) is 11.2 Å². The van der Waals surface area contributed by atoms with Crippen molar-refractivity contribution in [2.75, 3.05) is 10.6 Å². The lowest BCUT2D eigenvalue weighted by Crippen LogP contribution is -2.20. The second-order valence-corrected chi connectivity index (χ2v) is 5.60. The number of nitrogens with one attached hydrogen (secondary N) is 2. The first-order chi connectivity index (χ1) is 8.54. The van der Waals surface area contributed by atoms with Crippen LogP contribution in [0.4, 0.5) is 11.4 Å². The minimum atomic E-state index is 0.122. The minimum Gasteiger partial charge on any atom is -0.383 e. The van der Waals surface area contributed by atoms with Gasteiger partial charge >= 0.3 is 0 Å². The van der Waals surface area contributed by atoms with Crippen molar-refractivity contribution >= 4 is 17.3 Å². The van der Waals surface area contributed by atoms with Gasteiger partial charge in [0, 0.05) is 23.8 Å². The molecule has 2 N–H and O–H groups in total. The molecule has 1 aliphatic heterocycles. The maximum atomic E-state index is 11.3. The molecule has 2 rings (SSSR count). The summed E-state index contributed by atoms with van der Waals surface area (Å²) in [5.41, 5.74) is 3.35. The molecule has 0 spiro atoms. The summed E-state index contributed by atoms with van der Waals surface area (Å²) in [6.07, 6.45) is 2.60. The summed E-state index contributed by atoms with van der Waals surface area (Å²) in [4.78, 5) is 11.3. The number of rotatable bonds is 4. The molecule has 1 heterocycles. The third-order valence-electron chi connectivity index (χ3n) is 3.24. The smallest absolute Gasteiger partial charge is 0.224 e. The molecule has 1 unspecified atom stereocenters. The van der Waals surface area contributed by atoms with E-state index in [1.54, 1.807) is 0 Å². The molecule has 0 aliphatic carbocycles. The lowest BCUT2D eigenvalue weighted by Gasteiger charge is -2.21. The van der Waals surface area contributed by atoms with Gasteiger partial charge in [-0.3, -0.25) is 4.79 Å². The van der Waals surface area contributed by atoms with Gasteiger partial charge in [0.1, 0.15) is 0 Å². The molecule has 18 heavy (non-hydrogen) atoms. The van der Waals surface area contributed by atoms with E-state index >= 15 is 0 Å². The van der Waals surface area contributed by atoms with Crippen LogP contribution in [0.15, 0.2) is 18.2 Å². The predicted molar refractivity (Wildman–Crippen MR) is 75.9 cm³/mol. The Bertz CT molecular complexity index is 440. The molecule has 3 heteroatoms. The molecule has 0 radical (unpaired) electrons. The zero-order valence-corrected chi connectivity index (χ0v) is 11.4. The Morgan fingerprint density at radius 3 is 2.78 bits per heavy atom. The van der Waals surface area contributed by atoms with Crippen molar-refractivity contribution in [2.24, 2.45) is 5.92 Å². The van der Waals surface area contributed by atoms with Crippen LogP contribution in [0.5, 0.6) is 0 Å². The number of carbonyl (C=O) groups is 1. The van der Waals surface area contributed by atoms with E-state index in [0.29, 0.717) is 18.4 Å². The van der Waals surface area contributed by atoms with E-state index in [4.69, 9.17) is 0 Å². The summed E-state index contributed by atoms with van der Waals surface area (Å²) in [6, 6.07) is 6.67. The zero-order chi connectivity index (χ0) is 13.1. The highest BCUT2D eigenvalue weighted by Crippen LogP contribution is 2.26. The van der Waals surface area contributed by atoms with Crippen LogP contribution in [0, 0.1) is 5.92 Å². The Kier molecular flexibility index (Phi) is 3.90. The second kappa shape index (κ2) is 5.42. The lowest BCUT2D eigenvalue weighted by molar-refractivity contribution is -0.116. The number of anilines is 2. The Labute approximate surface area is 109 Å². The van der Waals surface area contributed by atoms with Gasteiger partial charge in [0.25, 0.3) is 0 Å². The highest BCUT2D eigenvalue weighted by molar-refractivity contribution is 5.94. The molecule has 1 aliphatic rings. The second-order valence-electron chi connectivity index (χ2n) is 5.60. The Morgan fingerprint density at radius 2 is 2.06 bits per heavy atom. The number of benzene rings is 1. The molecule has 1 aromatic rings. The highest BCUT2D eigenvalue weighted by atomic mass is 16.1. The first kappa shape index (κ1) is 12.9. The van der Waals surface area contributed by atoms with Crippen molar-refractivity contribution in [3.05, 3.63) is 23.8 Å². The summed E-state index contributed by atoms with van der Waals surface area (Å²) in [5, 5.41) is 6.43. The Hall–Kier alpha value is -1.51. The molecular formula is C15H22N2O. The van der Waals surface area contributed by atoms with E-state index in [9.17, 15) is 4.79 Å². The van der Waals surface area contributed by atoms with E-state index in [2.05, 4.69) is 37.5 Å². The maximum Gasteiger partial charge on any atom is 0.224 e. The van der Waals surface area contributed by atoms with Gasteiger partial charge in [-0.1, -0.05) is 13.8 Å². The number of aryl methyl sites for hydroxylation is 1. The fraction of sp³-hybridized carbons (Fsp3) is 0.533. The number of amides is 1. The van der Waals surface area contributed by atoms with Crippen LogP contribution in [0.2, 0.25) is 0 Å². The van der Waals surface area contributed by atoms with Crippen molar-refractivity contribution in [2.45, 2.75) is 46.1 Å². The fourth-order valence-corrected chi connectivity index (χ4v) is 2.52. The van der Waals surface area contributed by atoms with Gasteiger partial charge < -0.3 is 10.6 Å². The zero-order valence-electron chi connectivity index (χ0n) is 11.4. The van der Waals surface area contributed by atoms with Crippen molar-refractivity contribution in [1.82, 2.24) is 0 Å². The van der Waals surface area contributed by atoms with Gasteiger partial charge in [0.05, 0.1) is 0 Å². The van der Waals surface area contributed by atoms with Crippen LogP contribution < -0.4 is 10.6 Å². The summed E-state index contributed by atoms with van der Waals surface area (Å²) in [7, 11) is 0. The number of hydrogen-bond donors (Lipinski definition) is 2. The number of hydrogen-bond acceptors (Lipinski definition) is 2. The van der Waals surface area contributed by atoms with Crippen LogP contribution >= 0.6 is 0 Å². The maximum absolute atomic E-state index is 11.3. The predicted octanol–water partition coefficient (Wildman–Crippen LogP) is 3.42. The standard InChI is InChI=1S/C15H22N2O/c1-10(2)8-11(3)16-13-5-6-14-12(9-13)4-7-15(18)17-14/h5-6,9-11,16H,4,7-8H2,1-3H3,(H,17,18). The molecule has 0 bridgehead atoms. The van der Waals surface area contributed by atoms with Gasteiger partial charge in [-0.25, -0.2) is 0 Å². The molecule has 1 atom stereocenters. The van der Waals surface area contributed by atoms with Crippen molar-refractivity contribution in [3.63, 3.8) is 0 Å². The molecule has 98 valence electrons. The first-order valence-electron chi connectivity index (χ1n) is 6.74. The number of fused-ring (bicyclic) bond motifs is 1. The molecule has 1 amide bonds. The third-order valence-corrected chi connectivity index (χ3v) is 3.24. The Morgan fingerprint density at radius 1 is 1.28 bits per heavy atom. The van der Waals surface area contributed by atoms with Crippen LogP contribution in [-0.4, -0.2) is 11.9 Å². The minimum absolute atomic E-state index is 0.122.